The number of aryl methyl sites for hydroxylation is 1. The lowest BCUT2D eigenvalue weighted by Gasteiger charge is -2.09. The summed E-state index contributed by atoms with van der Waals surface area (Å²) in [6, 6.07) is 11.3. The van der Waals surface area contributed by atoms with Crippen LogP contribution in [-0.4, -0.2) is 28.1 Å². The van der Waals surface area contributed by atoms with Crippen LogP contribution in [0.1, 0.15) is 21.6 Å². The quantitative estimate of drug-likeness (QED) is 0.851. The summed E-state index contributed by atoms with van der Waals surface area (Å²) in [5.74, 6) is -1.23. The Kier molecular flexibility index (Phi) is 4.77. The molecule has 0 unspecified atom stereocenters. The molecule has 0 fully saturated rings. The topological polar surface area (TPSA) is 71.3 Å². The minimum atomic E-state index is -0.972. The van der Waals surface area contributed by atoms with Crippen LogP contribution in [0.5, 0.6) is 0 Å². The Morgan fingerprint density at radius 2 is 1.95 bits per heavy atom. The first-order valence-corrected chi connectivity index (χ1v) is 6.77. The lowest BCUT2D eigenvalue weighted by molar-refractivity contribution is -0.137. The fourth-order valence-corrected chi connectivity index (χ4v) is 2.20. The van der Waals surface area contributed by atoms with E-state index in [9.17, 15) is 9.59 Å². The van der Waals surface area contributed by atoms with Crippen LogP contribution in [0.15, 0.2) is 42.6 Å². The first kappa shape index (κ1) is 14.8. The number of aliphatic carboxylic acids is 1. The number of amides is 1. The van der Waals surface area contributed by atoms with Crippen molar-refractivity contribution in [1.82, 2.24) is 9.88 Å². The number of nitrogens with one attached hydrogen (secondary N) is 1. The molecule has 0 saturated carbocycles. The third kappa shape index (κ3) is 3.95. The van der Waals surface area contributed by atoms with Gasteiger partial charge in [0.15, 0.2) is 0 Å². The van der Waals surface area contributed by atoms with E-state index in [0.29, 0.717) is 12.2 Å². The summed E-state index contributed by atoms with van der Waals surface area (Å²) in [6.07, 6.45) is 2.34. The first-order valence-electron chi connectivity index (χ1n) is 6.77. The zero-order valence-electron chi connectivity index (χ0n) is 11.9. The van der Waals surface area contributed by atoms with Gasteiger partial charge in [0.25, 0.3) is 5.91 Å². The van der Waals surface area contributed by atoms with Gasteiger partial charge >= 0.3 is 5.97 Å². The van der Waals surface area contributed by atoms with Crippen molar-refractivity contribution in [2.75, 3.05) is 6.54 Å². The molecule has 2 rings (SSSR count). The molecule has 2 aromatic rings. The molecule has 1 heterocycles. The Bertz CT molecular complexity index is 646. The lowest BCUT2D eigenvalue weighted by atomic mass is 10.1. The van der Waals surface area contributed by atoms with E-state index in [-0.39, 0.29) is 12.5 Å². The molecule has 1 aromatic heterocycles. The van der Waals surface area contributed by atoms with E-state index in [2.05, 4.69) is 5.32 Å². The monoisotopic (exact) mass is 286 g/mol. The molecule has 0 saturated heterocycles. The van der Waals surface area contributed by atoms with Gasteiger partial charge in [-0.3, -0.25) is 9.59 Å². The second-order valence-corrected chi connectivity index (χ2v) is 4.85. The Morgan fingerprint density at radius 1 is 1.19 bits per heavy atom. The van der Waals surface area contributed by atoms with Gasteiger partial charge in [-0.1, -0.05) is 24.3 Å². The summed E-state index contributed by atoms with van der Waals surface area (Å²) in [5.41, 5.74) is 2.75. The molecule has 0 spiro atoms. The number of carboxylic acids is 1. The van der Waals surface area contributed by atoms with Crippen molar-refractivity contribution in [3.05, 3.63) is 59.4 Å². The fraction of sp³-hybridized carbons (Fsp3) is 0.250. The van der Waals surface area contributed by atoms with Crippen molar-refractivity contribution in [3.63, 3.8) is 0 Å². The Morgan fingerprint density at radius 3 is 2.67 bits per heavy atom. The highest BCUT2D eigenvalue weighted by atomic mass is 16.4. The van der Waals surface area contributed by atoms with Crippen LogP contribution < -0.4 is 5.32 Å². The maximum Gasteiger partial charge on any atom is 0.323 e. The molecule has 5 nitrogen and oxygen atoms in total. The Balaban J connectivity index is 1.92. The summed E-state index contributed by atoms with van der Waals surface area (Å²) in [7, 11) is 0. The normalized spacial score (nSPS) is 10.3. The van der Waals surface area contributed by atoms with Crippen molar-refractivity contribution in [3.8, 4) is 0 Å². The van der Waals surface area contributed by atoms with E-state index >= 15 is 0 Å². The maximum absolute atomic E-state index is 12.1. The number of hydrogen-bond donors (Lipinski definition) is 2. The van der Waals surface area contributed by atoms with E-state index in [4.69, 9.17) is 5.11 Å². The van der Waals surface area contributed by atoms with Gasteiger partial charge < -0.3 is 15.0 Å². The minimum absolute atomic E-state index is 0.215. The van der Waals surface area contributed by atoms with E-state index in [1.54, 1.807) is 18.3 Å². The van der Waals surface area contributed by atoms with E-state index < -0.39 is 5.97 Å². The summed E-state index contributed by atoms with van der Waals surface area (Å²) in [4.78, 5) is 22.8. The molecule has 0 bridgehead atoms. The van der Waals surface area contributed by atoms with Crippen LogP contribution in [0, 0.1) is 6.92 Å². The van der Waals surface area contributed by atoms with Gasteiger partial charge in [-0.15, -0.1) is 0 Å². The average Bonchev–Trinajstić information content (AvgIpc) is 2.88. The zero-order valence-corrected chi connectivity index (χ0v) is 11.9. The highest BCUT2D eigenvalue weighted by Crippen LogP contribution is 2.07. The number of carbonyl (C=O) groups is 2. The fourth-order valence-electron chi connectivity index (χ4n) is 2.20. The number of nitrogens with zero attached hydrogens (tertiary/aromatic N) is 1. The van der Waals surface area contributed by atoms with Crippen molar-refractivity contribution in [2.24, 2.45) is 0 Å². The molecule has 0 aliphatic heterocycles. The van der Waals surface area contributed by atoms with Gasteiger partial charge in [-0.05, 0) is 36.6 Å². The largest absolute Gasteiger partial charge is 0.480 e. The van der Waals surface area contributed by atoms with Crippen LogP contribution in [0.25, 0.3) is 0 Å². The molecule has 1 amide bonds. The second-order valence-electron chi connectivity index (χ2n) is 4.85. The molecule has 0 aliphatic carbocycles. The van der Waals surface area contributed by atoms with E-state index in [0.717, 1.165) is 6.42 Å². The smallest absolute Gasteiger partial charge is 0.323 e. The standard InChI is InChI=1S/C16H18N2O3/c1-12-5-2-3-6-13(12)8-9-17-16(21)14-7-4-10-18(14)11-15(19)20/h2-7,10H,8-9,11H2,1H3,(H,17,21)(H,19,20). The van der Waals surface area contributed by atoms with Crippen molar-refractivity contribution in [2.45, 2.75) is 19.9 Å². The van der Waals surface area contributed by atoms with Crippen molar-refractivity contribution >= 4 is 11.9 Å². The van der Waals surface area contributed by atoms with Crippen LogP contribution in [0.2, 0.25) is 0 Å². The predicted molar refractivity (Wildman–Crippen MR) is 79.3 cm³/mol. The Hall–Kier alpha value is -2.56. The molecule has 1 aromatic carbocycles. The zero-order chi connectivity index (χ0) is 15.2. The summed E-state index contributed by atoms with van der Waals surface area (Å²) in [5, 5.41) is 11.6. The van der Waals surface area contributed by atoms with Crippen LogP contribution in [-0.2, 0) is 17.8 Å². The number of carbonyl (C=O) groups excluding carboxylic acids is 1. The molecular weight excluding hydrogens is 268 g/mol. The molecule has 21 heavy (non-hydrogen) atoms. The highest BCUT2D eigenvalue weighted by molar-refractivity contribution is 5.93. The SMILES string of the molecule is Cc1ccccc1CCNC(=O)c1cccn1CC(=O)O. The number of aromatic nitrogens is 1. The van der Waals surface area contributed by atoms with Gasteiger partial charge in [0.1, 0.15) is 12.2 Å². The third-order valence-electron chi connectivity index (χ3n) is 3.31. The maximum atomic E-state index is 12.1. The summed E-state index contributed by atoms with van der Waals surface area (Å²) < 4.78 is 1.42. The molecule has 2 N–H and O–H groups in total. The first-order chi connectivity index (χ1) is 10.1. The Labute approximate surface area is 123 Å². The number of carboxylic acid groups (broad SMARTS) is 1. The van der Waals surface area contributed by atoms with Crippen molar-refractivity contribution < 1.29 is 14.7 Å². The number of benzene rings is 1. The van der Waals surface area contributed by atoms with Crippen LogP contribution in [0.4, 0.5) is 0 Å². The van der Waals surface area contributed by atoms with Gasteiger partial charge in [-0.25, -0.2) is 0 Å². The highest BCUT2D eigenvalue weighted by Gasteiger charge is 2.12. The summed E-state index contributed by atoms with van der Waals surface area (Å²) >= 11 is 0. The third-order valence-corrected chi connectivity index (χ3v) is 3.31. The van der Waals surface area contributed by atoms with Gasteiger partial charge in [0.05, 0.1) is 0 Å². The molecule has 110 valence electrons. The molecular formula is C16H18N2O3. The van der Waals surface area contributed by atoms with Crippen LogP contribution in [0.3, 0.4) is 0 Å². The minimum Gasteiger partial charge on any atom is -0.480 e. The van der Waals surface area contributed by atoms with E-state index in [1.807, 2.05) is 31.2 Å². The predicted octanol–water partition coefficient (Wildman–Crippen LogP) is 1.85. The molecule has 5 heteroatoms. The van der Waals surface area contributed by atoms with Crippen molar-refractivity contribution in [1.29, 1.82) is 0 Å². The summed E-state index contributed by atoms with van der Waals surface area (Å²) in [6.45, 7) is 2.34. The number of hydrogen-bond acceptors (Lipinski definition) is 2. The van der Waals surface area contributed by atoms with Gasteiger partial charge in [0, 0.05) is 12.7 Å². The number of rotatable bonds is 6. The molecule has 0 atom stereocenters. The van der Waals surface area contributed by atoms with Crippen LogP contribution >= 0.6 is 0 Å². The van der Waals surface area contributed by atoms with Gasteiger partial charge in [0.2, 0.25) is 0 Å². The lowest BCUT2D eigenvalue weighted by Crippen LogP contribution is -2.28. The molecule has 0 radical (unpaired) electrons. The molecule has 0 aliphatic rings. The second kappa shape index (κ2) is 6.74. The van der Waals surface area contributed by atoms with Gasteiger partial charge in [-0.2, -0.15) is 0 Å². The van der Waals surface area contributed by atoms with E-state index in [1.165, 1.54) is 15.7 Å². The average molecular weight is 286 g/mol.